The van der Waals surface area contributed by atoms with Gasteiger partial charge in [-0.1, -0.05) is 42.5 Å². The molecule has 6 nitrogen and oxygen atoms in total. The van der Waals surface area contributed by atoms with Crippen molar-refractivity contribution in [2.45, 2.75) is 25.8 Å². The highest BCUT2D eigenvalue weighted by Gasteiger charge is 2.13. The van der Waals surface area contributed by atoms with E-state index in [0.29, 0.717) is 13.2 Å². The summed E-state index contributed by atoms with van der Waals surface area (Å²) in [6.07, 6.45) is 2.81. The van der Waals surface area contributed by atoms with Crippen molar-refractivity contribution in [2.24, 2.45) is 0 Å². The molecular formula is C30H29NO5. The van der Waals surface area contributed by atoms with E-state index in [1.54, 1.807) is 7.11 Å². The maximum Gasteiger partial charge on any atom is 0.323 e. The zero-order valence-electron chi connectivity index (χ0n) is 20.3. The summed E-state index contributed by atoms with van der Waals surface area (Å²) in [7, 11) is 1.68. The number of carboxylic acid groups (broad SMARTS) is 1. The van der Waals surface area contributed by atoms with Crippen molar-refractivity contribution in [3.63, 3.8) is 0 Å². The largest absolute Gasteiger partial charge is 0.496 e. The molecule has 0 aliphatic rings. The molecular weight excluding hydrogens is 454 g/mol. The van der Waals surface area contributed by atoms with Crippen molar-refractivity contribution in [1.82, 2.24) is 4.57 Å². The lowest BCUT2D eigenvalue weighted by Gasteiger charge is -2.12. The number of aromatic nitrogens is 1. The molecule has 184 valence electrons. The second-order valence-electron chi connectivity index (χ2n) is 8.75. The predicted molar refractivity (Wildman–Crippen MR) is 142 cm³/mol. The van der Waals surface area contributed by atoms with Gasteiger partial charge in [-0.2, -0.15) is 0 Å². The Labute approximate surface area is 209 Å². The number of aliphatic carboxylic acids is 1. The fourth-order valence-corrected chi connectivity index (χ4v) is 4.73. The van der Waals surface area contributed by atoms with Crippen LogP contribution in [-0.2, 0) is 11.3 Å². The summed E-state index contributed by atoms with van der Waals surface area (Å²) >= 11 is 0. The average molecular weight is 484 g/mol. The lowest BCUT2D eigenvalue weighted by atomic mass is 10.1. The summed E-state index contributed by atoms with van der Waals surface area (Å²) in [5.74, 6) is 1.59. The number of ether oxygens (including phenoxy) is 3. The van der Waals surface area contributed by atoms with E-state index in [1.807, 2.05) is 83.4 Å². The maximum atomic E-state index is 11.5. The van der Waals surface area contributed by atoms with E-state index in [0.717, 1.165) is 69.1 Å². The Morgan fingerprint density at radius 2 is 1.36 bits per heavy atom. The van der Waals surface area contributed by atoms with E-state index in [-0.39, 0.29) is 6.54 Å². The molecule has 4 aromatic carbocycles. The average Bonchev–Trinajstić information content (AvgIpc) is 3.20. The molecule has 0 aliphatic heterocycles. The molecule has 0 radical (unpaired) electrons. The molecule has 0 unspecified atom stereocenters. The summed E-state index contributed by atoms with van der Waals surface area (Å²) in [5, 5.41) is 13.6. The highest BCUT2D eigenvalue weighted by Crippen LogP contribution is 2.33. The lowest BCUT2D eigenvalue weighted by molar-refractivity contribution is -0.137. The van der Waals surface area contributed by atoms with Crippen LogP contribution in [0, 0.1) is 0 Å². The van der Waals surface area contributed by atoms with Gasteiger partial charge in [0.2, 0.25) is 0 Å². The van der Waals surface area contributed by atoms with Gasteiger partial charge in [-0.05, 0) is 49.6 Å². The normalized spacial score (nSPS) is 11.2. The van der Waals surface area contributed by atoms with Gasteiger partial charge >= 0.3 is 5.97 Å². The van der Waals surface area contributed by atoms with Gasteiger partial charge in [-0.25, -0.2) is 0 Å². The Bertz CT molecular complexity index is 1520. The number of methoxy groups -OCH3 is 1. The van der Waals surface area contributed by atoms with E-state index in [1.165, 1.54) is 0 Å². The third-order valence-corrected chi connectivity index (χ3v) is 6.42. The minimum Gasteiger partial charge on any atom is -0.496 e. The molecule has 0 atom stereocenters. The Balaban J connectivity index is 1.15. The summed E-state index contributed by atoms with van der Waals surface area (Å²) in [5.41, 5.74) is 1.79. The Kier molecular flexibility index (Phi) is 6.94. The Morgan fingerprint density at radius 1 is 0.722 bits per heavy atom. The molecule has 0 amide bonds. The molecule has 1 N–H and O–H groups in total. The van der Waals surface area contributed by atoms with Crippen LogP contribution in [0.5, 0.6) is 17.2 Å². The smallest absolute Gasteiger partial charge is 0.323 e. The molecule has 0 saturated heterocycles. The van der Waals surface area contributed by atoms with Crippen molar-refractivity contribution in [2.75, 3.05) is 20.3 Å². The summed E-state index contributed by atoms with van der Waals surface area (Å²) in [4.78, 5) is 11.5. The Morgan fingerprint density at radius 3 is 2.11 bits per heavy atom. The van der Waals surface area contributed by atoms with Gasteiger partial charge < -0.3 is 23.9 Å². The van der Waals surface area contributed by atoms with Gasteiger partial charge in [0.25, 0.3) is 0 Å². The highest BCUT2D eigenvalue weighted by molar-refractivity contribution is 6.08. The minimum absolute atomic E-state index is 0.0864. The standard InChI is InChI=1S/C30H29NO5/c1-34-28-15-16-29(25-11-4-3-10-24(25)28)36-18-8-2-7-17-35-21-13-14-23-22-9-5-6-12-26(22)31(20-30(32)33)27(23)19-21/h3-6,9-16,19H,2,7-8,17-18,20H2,1H3,(H,32,33). The van der Waals surface area contributed by atoms with Gasteiger partial charge in [-0.15, -0.1) is 0 Å². The number of nitrogens with zero attached hydrogens (tertiary/aromatic N) is 1. The van der Waals surface area contributed by atoms with E-state index < -0.39 is 5.97 Å². The van der Waals surface area contributed by atoms with Crippen molar-refractivity contribution < 1.29 is 24.1 Å². The lowest BCUT2D eigenvalue weighted by Crippen LogP contribution is -2.08. The summed E-state index contributed by atoms with van der Waals surface area (Å²) < 4.78 is 19.3. The SMILES string of the molecule is COc1ccc(OCCCCCOc2ccc3c4ccccc4n(CC(=O)O)c3c2)c2ccccc12. The van der Waals surface area contributed by atoms with Crippen LogP contribution < -0.4 is 14.2 Å². The number of fused-ring (bicyclic) bond motifs is 4. The van der Waals surface area contributed by atoms with Gasteiger partial charge in [0.15, 0.2) is 0 Å². The fraction of sp³-hybridized carbons (Fsp3) is 0.233. The first-order chi connectivity index (χ1) is 17.7. The first-order valence-electron chi connectivity index (χ1n) is 12.2. The predicted octanol–water partition coefficient (Wildman–Crippen LogP) is 6.67. The number of carboxylic acids is 1. The molecule has 1 heterocycles. The number of benzene rings is 4. The topological polar surface area (TPSA) is 69.9 Å². The van der Waals surface area contributed by atoms with Crippen molar-refractivity contribution in [3.05, 3.63) is 78.9 Å². The van der Waals surface area contributed by atoms with Crippen molar-refractivity contribution in [3.8, 4) is 17.2 Å². The zero-order valence-corrected chi connectivity index (χ0v) is 20.3. The van der Waals surface area contributed by atoms with Gasteiger partial charge in [0.1, 0.15) is 23.8 Å². The van der Waals surface area contributed by atoms with Crippen LogP contribution in [-0.4, -0.2) is 36.0 Å². The molecule has 6 heteroatoms. The van der Waals surface area contributed by atoms with Crippen molar-refractivity contribution >= 4 is 38.5 Å². The molecule has 0 saturated carbocycles. The number of para-hydroxylation sites is 1. The monoisotopic (exact) mass is 483 g/mol. The van der Waals surface area contributed by atoms with Crippen LogP contribution in [0.1, 0.15) is 19.3 Å². The molecule has 36 heavy (non-hydrogen) atoms. The molecule has 0 bridgehead atoms. The molecule has 5 rings (SSSR count). The first kappa shape index (κ1) is 23.5. The summed E-state index contributed by atoms with van der Waals surface area (Å²) in [6, 6.07) is 25.8. The van der Waals surface area contributed by atoms with Crippen LogP contribution in [0.4, 0.5) is 0 Å². The Hall–Kier alpha value is -4.19. The molecule has 5 aromatic rings. The van der Waals surface area contributed by atoms with E-state index >= 15 is 0 Å². The number of rotatable bonds is 11. The first-order valence-corrected chi connectivity index (χ1v) is 12.2. The molecule has 0 aliphatic carbocycles. The highest BCUT2D eigenvalue weighted by atomic mass is 16.5. The summed E-state index contributed by atoms with van der Waals surface area (Å²) in [6.45, 7) is 1.14. The number of hydrogen-bond donors (Lipinski definition) is 1. The third kappa shape index (κ3) is 4.80. The molecule has 1 aromatic heterocycles. The quantitative estimate of drug-likeness (QED) is 0.213. The van der Waals surface area contributed by atoms with E-state index in [4.69, 9.17) is 14.2 Å². The third-order valence-electron chi connectivity index (χ3n) is 6.42. The van der Waals surface area contributed by atoms with Crippen molar-refractivity contribution in [1.29, 1.82) is 0 Å². The minimum atomic E-state index is -0.867. The second-order valence-corrected chi connectivity index (χ2v) is 8.75. The molecule has 0 spiro atoms. The van der Waals surface area contributed by atoms with Crippen LogP contribution in [0.15, 0.2) is 78.9 Å². The van der Waals surface area contributed by atoms with Gasteiger partial charge in [0.05, 0.1) is 25.8 Å². The maximum absolute atomic E-state index is 11.5. The number of carbonyl (C=O) groups is 1. The van der Waals surface area contributed by atoms with Crippen LogP contribution in [0.25, 0.3) is 32.6 Å². The zero-order chi connectivity index (χ0) is 24.9. The molecule has 0 fully saturated rings. The van der Waals surface area contributed by atoms with Gasteiger partial charge in [-0.3, -0.25) is 4.79 Å². The fourth-order valence-electron chi connectivity index (χ4n) is 4.73. The van der Waals surface area contributed by atoms with Crippen LogP contribution >= 0.6 is 0 Å². The van der Waals surface area contributed by atoms with Gasteiger partial charge in [0, 0.05) is 33.1 Å². The van der Waals surface area contributed by atoms with Crippen LogP contribution in [0.3, 0.4) is 0 Å². The van der Waals surface area contributed by atoms with E-state index in [9.17, 15) is 9.90 Å². The second kappa shape index (κ2) is 10.6. The number of unbranched alkanes of at least 4 members (excludes halogenated alkanes) is 2. The van der Waals surface area contributed by atoms with E-state index in [2.05, 4.69) is 0 Å². The van der Waals surface area contributed by atoms with Crippen LogP contribution in [0.2, 0.25) is 0 Å². The number of hydrogen-bond acceptors (Lipinski definition) is 4.